The van der Waals surface area contributed by atoms with Crippen molar-refractivity contribution in [3.8, 4) is 12.3 Å². The number of carbonyl (C=O) groups excluding carboxylic acids is 2. The molecule has 0 radical (unpaired) electrons. The second kappa shape index (κ2) is 7.28. The van der Waals surface area contributed by atoms with E-state index in [-0.39, 0.29) is 19.4 Å². The molecule has 21 heavy (non-hydrogen) atoms. The molecule has 8 heteroatoms. The van der Waals surface area contributed by atoms with E-state index < -0.39 is 35.8 Å². The summed E-state index contributed by atoms with van der Waals surface area (Å²) in [6.45, 7) is 0.149. The van der Waals surface area contributed by atoms with Crippen LogP contribution in [0.3, 0.4) is 0 Å². The minimum Gasteiger partial charge on any atom is -0.480 e. The number of terminal acetylenes is 1. The number of carbonyl (C=O) groups is 4. The van der Waals surface area contributed by atoms with Gasteiger partial charge >= 0.3 is 23.8 Å². The van der Waals surface area contributed by atoms with E-state index in [4.69, 9.17) is 16.6 Å². The van der Waals surface area contributed by atoms with Crippen LogP contribution < -0.4 is 5.32 Å². The van der Waals surface area contributed by atoms with Gasteiger partial charge in [0.05, 0.1) is 0 Å². The fourth-order valence-electron chi connectivity index (χ4n) is 2.10. The van der Waals surface area contributed by atoms with Crippen LogP contribution in [0.4, 0.5) is 0 Å². The Kier molecular flexibility index (Phi) is 5.72. The van der Waals surface area contributed by atoms with Gasteiger partial charge in [-0.3, -0.25) is 9.59 Å². The first kappa shape index (κ1) is 16.5. The third kappa shape index (κ3) is 4.21. The summed E-state index contributed by atoms with van der Waals surface area (Å²) in [5.41, 5.74) is 0. The Morgan fingerprint density at radius 3 is 2.48 bits per heavy atom. The van der Waals surface area contributed by atoms with Crippen molar-refractivity contribution < 1.29 is 29.4 Å². The van der Waals surface area contributed by atoms with Crippen molar-refractivity contribution in [2.24, 2.45) is 0 Å². The third-order valence-electron chi connectivity index (χ3n) is 3.17. The van der Waals surface area contributed by atoms with E-state index in [2.05, 4.69) is 5.92 Å². The van der Waals surface area contributed by atoms with E-state index in [1.54, 1.807) is 0 Å². The molecule has 1 unspecified atom stereocenters. The van der Waals surface area contributed by atoms with Crippen molar-refractivity contribution in [2.45, 2.75) is 37.8 Å². The van der Waals surface area contributed by atoms with Crippen molar-refractivity contribution in [2.75, 3.05) is 6.54 Å². The maximum Gasteiger partial charge on any atom is 0.327 e. The topological polar surface area (TPSA) is 124 Å². The predicted octanol–water partition coefficient (Wildman–Crippen LogP) is -0.955. The number of nitrogens with zero attached hydrogens (tertiary/aromatic N) is 1. The highest BCUT2D eigenvalue weighted by atomic mass is 16.4. The molecule has 0 aromatic heterocycles. The molecule has 1 heterocycles. The number of carboxylic acids is 2. The summed E-state index contributed by atoms with van der Waals surface area (Å²) in [5.74, 6) is -2.67. The maximum absolute atomic E-state index is 12.0. The summed E-state index contributed by atoms with van der Waals surface area (Å²) in [6.07, 6.45) is 6.23. The molecule has 1 aliphatic heterocycles. The molecular weight excluding hydrogens is 280 g/mol. The number of nitrogens with one attached hydrogen (secondary N) is 1. The zero-order valence-electron chi connectivity index (χ0n) is 11.2. The highest BCUT2D eigenvalue weighted by molar-refractivity contribution is 6.35. The Morgan fingerprint density at radius 1 is 1.29 bits per heavy atom. The highest BCUT2D eigenvalue weighted by Gasteiger charge is 2.36. The lowest BCUT2D eigenvalue weighted by Gasteiger charge is -2.32. The van der Waals surface area contributed by atoms with Gasteiger partial charge in [-0.1, -0.05) is 0 Å². The van der Waals surface area contributed by atoms with Gasteiger partial charge in [0.15, 0.2) is 0 Å². The molecule has 0 saturated carbocycles. The van der Waals surface area contributed by atoms with Crippen LogP contribution in [0.2, 0.25) is 0 Å². The molecule has 0 spiro atoms. The van der Waals surface area contributed by atoms with Crippen molar-refractivity contribution in [3.05, 3.63) is 0 Å². The number of piperidine rings is 1. The van der Waals surface area contributed by atoms with Gasteiger partial charge in [-0.25, -0.2) is 9.59 Å². The predicted molar refractivity (Wildman–Crippen MR) is 70.0 cm³/mol. The fraction of sp³-hybridized carbons (Fsp3) is 0.538. The molecule has 1 saturated heterocycles. The van der Waals surface area contributed by atoms with Crippen LogP contribution in [0.1, 0.15) is 25.7 Å². The molecule has 1 rings (SSSR count). The molecule has 2 amide bonds. The normalized spacial score (nSPS) is 19.2. The van der Waals surface area contributed by atoms with E-state index >= 15 is 0 Å². The molecular formula is C13H16N2O6. The summed E-state index contributed by atoms with van der Waals surface area (Å²) in [4.78, 5) is 46.7. The van der Waals surface area contributed by atoms with E-state index in [0.717, 1.165) is 4.90 Å². The standard InChI is InChI=1S/C13H16N2O6/c1-2-5-8(12(18)19)14-10(16)11(17)15-7-4-3-6-9(15)13(20)21/h1,8-9H,3-7H2,(H,14,16)(H,18,19)(H,20,21)/t8?,9-/m0/s1. The minimum absolute atomic E-state index is 0.149. The van der Waals surface area contributed by atoms with Crippen LogP contribution in [0.15, 0.2) is 0 Å². The number of aliphatic carboxylic acids is 2. The first-order valence-corrected chi connectivity index (χ1v) is 6.39. The zero-order chi connectivity index (χ0) is 16.0. The SMILES string of the molecule is C#CCC(NC(=O)C(=O)N1CCCC[C@H]1C(=O)O)C(=O)O. The number of hydrogen-bond donors (Lipinski definition) is 3. The molecule has 0 aromatic rings. The van der Waals surface area contributed by atoms with E-state index in [1.165, 1.54) is 0 Å². The van der Waals surface area contributed by atoms with Gasteiger partial charge in [0.25, 0.3) is 0 Å². The summed E-state index contributed by atoms with van der Waals surface area (Å²) >= 11 is 0. The minimum atomic E-state index is -1.38. The first-order chi connectivity index (χ1) is 9.88. The summed E-state index contributed by atoms with van der Waals surface area (Å²) in [6, 6.07) is -2.44. The van der Waals surface area contributed by atoms with Crippen LogP contribution in [0, 0.1) is 12.3 Å². The molecule has 3 N–H and O–H groups in total. The Bertz CT molecular complexity index is 495. The maximum atomic E-state index is 12.0. The zero-order valence-corrected chi connectivity index (χ0v) is 11.2. The van der Waals surface area contributed by atoms with Gasteiger partial charge in [-0.2, -0.15) is 0 Å². The summed E-state index contributed by atoms with van der Waals surface area (Å²) in [5, 5.41) is 19.9. The van der Waals surface area contributed by atoms with E-state index in [0.29, 0.717) is 12.8 Å². The van der Waals surface area contributed by atoms with Crippen LogP contribution >= 0.6 is 0 Å². The number of amides is 2. The van der Waals surface area contributed by atoms with Gasteiger partial charge in [0.1, 0.15) is 12.1 Å². The second-order valence-electron chi connectivity index (χ2n) is 4.62. The lowest BCUT2D eigenvalue weighted by molar-refractivity contribution is -0.157. The molecule has 1 fully saturated rings. The average Bonchev–Trinajstić information content (AvgIpc) is 2.45. The Labute approximate surface area is 121 Å². The molecule has 114 valence electrons. The lowest BCUT2D eigenvalue weighted by atomic mass is 10.0. The van der Waals surface area contributed by atoms with Crippen LogP contribution in [0.5, 0.6) is 0 Å². The van der Waals surface area contributed by atoms with Crippen LogP contribution in [0.25, 0.3) is 0 Å². The molecule has 1 aliphatic rings. The van der Waals surface area contributed by atoms with Crippen molar-refractivity contribution in [1.29, 1.82) is 0 Å². The Hall–Kier alpha value is -2.56. The second-order valence-corrected chi connectivity index (χ2v) is 4.62. The third-order valence-corrected chi connectivity index (χ3v) is 3.17. The highest BCUT2D eigenvalue weighted by Crippen LogP contribution is 2.17. The van der Waals surface area contributed by atoms with Gasteiger partial charge in [-0.15, -0.1) is 12.3 Å². The van der Waals surface area contributed by atoms with Crippen LogP contribution in [-0.2, 0) is 19.2 Å². The van der Waals surface area contributed by atoms with Gasteiger partial charge < -0.3 is 20.4 Å². The van der Waals surface area contributed by atoms with E-state index in [1.807, 2.05) is 5.32 Å². The number of rotatable bonds is 4. The van der Waals surface area contributed by atoms with Crippen LogP contribution in [-0.4, -0.2) is 57.5 Å². The average molecular weight is 296 g/mol. The molecule has 0 bridgehead atoms. The van der Waals surface area contributed by atoms with Crippen molar-refractivity contribution in [3.63, 3.8) is 0 Å². The largest absolute Gasteiger partial charge is 0.480 e. The van der Waals surface area contributed by atoms with Crippen molar-refractivity contribution >= 4 is 23.8 Å². The molecule has 2 atom stereocenters. The molecule has 0 aromatic carbocycles. The first-order valence-electron chi connectivity index (χ1n) is 6.39. The Morgan fingerprint density at radius 2 is 1.95 bits per heavy atom. The van der Waals surface area contributed by atoms with Gasteiger partial charge in [0.2, 0.25) is 0 Å². The molecule has 0 aliphatic carbocycles. The van der Waals surface area contributed by atoms with Crippen molar-refractivity contribution in [1.82, 2.24) is 10.2 Å². The smallest absolute Gasteiger partial charge is 0.327 e. The van der Waals surface area contributed by atoms with Gasteiger partial charge in [-0.05, 0) is 19.3 Å². The fourth-order valence-corrected chi connectivity index (χ4v) is 2.10. The summed E-state index contributed by atoms with van der Waals surface area (Å²) < 4.78 is 0. The molecule has 8 nitrogen and oxygen atoms in total. The lowest BCUT2D eigenvalue weighted by Crippen LogP contribution is -2.55. The number of hydrogen-bond acceptors (Lipinski definition) is 4. The monoisotopic (exact) mass is 296 g/mol. The summed E-state index contributed by atoms with van der Waals surface area (Å²) in [7, 11) is 0. The van der Waals surface area contributed by atoms with E-state index in [9.17, 15) is 19.2 Å². The quantitative estimate of drug-likeness (QED) is 0.453. The Balaban J connectivity index is 2.76. The van der Waals surface area contributed by atoms with Gasteiger partial charge in [0, 0.05) is 13.0 Å². The number of likely N-dealkylation sites (tertiary alicyclic amines) is 1. The number of carboxylic acid groups (broad SMARTS) is 2.